The smallest absolute Gasteiger partial charge is 0.241 e. The third-order valence-corrected chi connectivity index (χ3v) is 12.5. The van der Waals surface area contributed by atoms with Crippen molar-refractivity contribution >= 4 is 79.9 Å². The van der Waals surface area contributed by atoms with E-state index in [0.29, 0.717) is 0 Å². The van der Waals surface area contributed by atoms with Crippen LogP contribution in [0, 0.1) is 0 Å². The van der Waals surface area contributed by atoms with E-state index in [1.54, 1.807) is 0 Å². The molecule has 0 amide bonds. The molecule has 8 rings (SSSR count). The summed E-state index contributed by atoms with van der Waals surface area (Å²) in [7, 11) is -3.08. The van der Waals surface area contributed by atoms with Crippen LogP contribution in [0.4, 0.5) is 0 Å². The molecule has 8 aromatic rings. The summed E-state index contributed by atoms with van der Waals surface area (Å²) < 4.78 is 15.1. The SMILES string of the molecule is O=P(c1ccccc1)(c1ccc(/C=C/c2ccc(B(c3ccccc3)c3ccc4ccccc4c3)cc2)cc1)c1ccc2ccccc2c1. The normalized spacial score (nSPS) is 12.7. The third-order valence-electron chi connectivity index (χ3n) is 9.45. The van der Waals surface area contributed by atoms with Gasteiger partial charge >= 0.3 is 0 Å². The second-order valence-electron chi connectivity index (χ2n) is 12.5. The molecule has 0 aliphatic heterocycles. The van der Waals surface area contributed by atoms with Crippen molar-refractivity contribution in [2.24, 2.45) is 0 Å². The highest BCUT2D eigenvalue weighted by molar-refractivity contribution is 7.85. The number of fused-ring (bicyclic) bond motifs is 2. The summed E-state index contributed by atoms with van der Waals surface area (Å²) in [6, 6.07) is 67.5. The van der Waals surface area contributed by atoms with Crippen LogP contribution < -0.4 is 32.3 Å². The first-order chi connectivity index (χ1) is 24.1. The fourth-order valence-electron chi connectivity index (χ4n) is 6.86. The minimum atomic E-state index is -3.08. The van der Waals surface area contributed by atoms with Gasteiger partial charge in [0.05, 0.1) is 0 Å². The minimum Gasteiger partial charge on any atom is -0.309 e. The maximum Gasteiger partial charge on any atom is 0.241 e. The predicted molar refractivity (Wildman–Crippen MR) is 214 cm³/mol. The standard InChI is InChI=1S/C46H34BOP/c48-49(44-17-5-2-6-18-44,46-32-26-38-12-8-10-14-40(38)34-46)45-30-23-36(24-31-45)20-19-35-21-27-42(28-22-35)47(41-15-3-1-4-16-41)43-29-25-37-11-7-9-13-39(37)33-43/h1-34H/b20-19+. The number of rotatable bonds is 8. The molecule has 0 radical (unpaired) electrons. The van der Waals surface area contributed by atoms with Gasteiger partial charge in [0.25, 0.3) is 0 Å². The Bertz CT molecular complexity index is 2450. The molecule has 232 valence electrons. The molecule has 8 aromatic carbocycles. The molecule has 49 heavy (non-hydrogen) atoms. The van der Waals surface area contributed by atoms with Gasteiger partial charge < -0.3 is 4.57 Å². The zero-order valence-electron chi connectivity index (χ0n) is 27.1. The van der Waals surface area contributed by atoms with Crippen LogP contribution in [-0.4, -0.2) is 6.71 Å². The van der Waals surface area contributed by atoms with Crippen molar-refractivity contribution < 1.29 is 4.57 Å². The summed E-state index contributed by atoms with van der Waals surface area (Å²) in [5, 5.41) is 7.25. The fraction of sp³-hybridized carbons (Fsp3) is 0. The van der Waals surface area contributed by atoms with E-state index in [1.165, 1.54) is 27.2 Å². The van der Waals surface area contributed by atoms with Crippen molar-refractivity contribution in [2.45, 2.75) is 0 Å². The average molecular weight is 645 g/mol. The van der Waals surface area contributed by atoms with Crippen molar-refractivity contribution in [3.8, 4) is 0 Å². The molecule has 0 aliphatic carbocycles. The molecule has 3 heteroatoms. The van der Waals surface area contributed by atoms with Gasteiger partial charge in [0.1, 0.15) is 0 Å². The average Bonchev–Trinajstić information content (AvgIpc) is 3.18. The number of hydrogen-bond donors (Lipinski definition) is 0. The Morgan fingerprint density at radius 3 is 1.41 bits per heavy atom. The third kappa shape index (κ3) is 6.20. The van der Waals surface area contributed by atoms with E-state index in [-0.39, 0.29) is 6.71 Å². The van der Waals surface area contributed by atoms with Gasteiger partial charge in [-0.25, -0.2) is 0 Å². The van der Waals surface area contributed by atoms with E-state index in [0.717, 1.165) is 37.8 Å². The maximum atomic E-state index is 15.1. The van der Waals surface area contributed by atoms with Gasteiger partial charge in [0.2, 0.25) is 6.71 Å². The zero-order valence-corrected chi connectivity index (χ0v) is 28.0. The summed E-state index contributed by atoms with van der Waals surface area (Å²) >= 11 is 0. The highest BCUT2D eigenvalue weighted by Crippen LogP contribution is 2.43. The van der Waals surface area contributed by atoms with E-state index in [9.17, 15) is 0 Å². The fourth-order valence-corrected chi connectivity index (χ4v) is 9.52. The Morgan fingerprint density at radius 2 is 0.776 bits per heavy atom. The maximum absolute atomic E-state index is 15.1. The van der Waals surface area contributed by atoms with Crippen LogP contribution >= 0.6 is 7.14 Å². The summed E-state index contributed by atoms with van der Waals surface area (Å²) in [4.78, 5) is 0. The summed E-state index contributed by atoms with van der Waals surface area (Å²) in [6.45, 7) is 0.138. The van der Waals surface area contributed by atoms with Gasteiger partial charge in [0, 0.05) is 15.9 Å². The van der Waals surface area contributed by atoms with Crippen LogP contribution in [-0.2, 0) is 4.57 Å². The highest BCUT2D eigenvalue weighted by atomic mass is 31.2. The first kappa shape index (κ1) is 30.6. The van der Waals surface area contributed by atoms with E-state index in [4.69, 9.17) is 0 Å². The largest absolute Gasteiger partial charge is 0.309 e. The molecule has 1 atom stereocenters. The molecule has 0 aromatic heterocycles. The quantitative estimate of drug-likeness (QED) is 0.0924. The Labute approximate surface area is 288 Å². The van der Waals surface area contributed by atoms with Crippen LogP contribution in [0.25, 0.3) is 33.7 Å². The zero-order chi connectivity index (χ0) is 33.0. The van der Waals surface area contributed by atoms with Crippen molar-refractivity contribution in [3.63, 3.8) is 0 Å². The van der Waals surface area contributed by atoms with Crippen LogP contribution in [0.2, 0.25) is 0 Å². The lowest BCUT2D eigenvalue weighted by Crippen LogP contribution is -2.51. The van der Waals surface area contributed by atoms with Gasteiger partial charge in [-0.15, -0.1) is 0 Å². The molecule has 0 aliphatic rings. The van der Waals surface area contributed by atoms with Crippen molar-refractivity contribution in [1.29, 1.82) is 0 Å². The molecular weight excluding hydrogens is 610 g/mol. The first-order valence-electron chi connectivity index (χ1n) is 16.7. The van der Waals surface area contributed by atoms with E-state index in [2.05, 4.69) is 146 Å². The summed E-state index contributed by atoms with van der Waals surface area (Å²) in [5.41, 5.74) is 6.00. The van der Waals surface area contributed by atoms with Gasteiger partial charge in [-0.05, 0) is 38.7 Å². The van der Waals surface area contributed by atoms with Gasteiger partial charge in [-0.2, -0.15) is 0 Å². The van der Waals surface area contributed by atoms with Gasteiger partial charge in [0.15, 0.2) is 7.14 Å². The second kappa shape index (κ2) is 13.4. The molecule has 0 saturated heterocycles. The predicted octanol–water partition coefficient (Wildman–Crippen LogP) is 8.32. The van der Waals surface area contributed by atoms with E-state index < -0.39 is 7.14 Å². The first-order valence-corrected chi connectivity index (χ1v) is 18.4. The van der Waals surface area contributed by atoms with Crippen LogP contribution in [0.15, 0.2) is 194 Å². The Balaban J connectivity index is 1.08. The van der Waals surface area contributed by atoms with Crippen molar-refractivity contribution in [2.75, 3.05) is 0 Å². The van der Waals surface area contributed by atoms with Crippen molar-refractivity contribution in [1.82, 2.24) is 0 Å². The summed E-state index contributed by atoms with van der Waals surface area (Å²) in [5.74, 6) is 0. The lowest BCUT2D eigenvalue weighted by molar-refractivity contribution is 0.592. The highest BCUT2D eigenvalue weighted by Gasteiger charge is 2.30. The Hall–Kier alpha value is -5.69. The molecule has 0 N–H and O–H groups in total. The van der Waals surface area contributed by atoms with E-state index >= 15 is 4.57 Å². The molecule has 0 spiro atoms. The van der Waals surface area contributed by atoms with Gasteiger partial charge in [-0.1, -0.05) is 217 Å². The van der Waals surface area contributed by atoms with Crippen molar-refractivity contribution in [3.05, 3.63) is 205 Å². The van der Waals surface area contributed by atoms with Crippen LogP contribution in [0.3, 0.4) is 0 Å². The number of benzene rings is 8. The number of hydrogen-bond acceptors (Lipinski definition) is 1. The Morgan fingerprint density at radius 1 is 0.347 bits per heavy atom. The molecule has 0 fully saturated rings. The molecule has 0 heterocycles. The molecule has 1 nitrogen and oxygen atoms in total. The molecule has 0 saturated carbocycles. The monoisotopic (exact) mass is 644 g/mol. The molecular formula is C46H34BOP. The van der Waals surface area contributed by atoms with Crippen LogP contribution in [0.1, 0.15) is 11.1 Å². The van der Waals surface area contributed by atoms with Gasteiger partial charge in [-0.3, -0.25) is 0 Å². The lowest BCUT2D eigenvalue weighted by atomic mass is 9.37. The second-order valence-corrected chi connectivity index (χ2v) is 15.3. The molecule has 0 bridgehead atoms. The van der Waals surface area contributed by atoms with Crippen LogP contribution in [0.5, 0.6) is 0 Å². The molecule has 1 unspecified atom stereocenters. The lowest BCUT2D eigenvalue weighted by Gasteiger charge is -2.20. The topological polar surface area (TPSA) is 17.1 Å². The summed E-state index contributed by atoms with van der Waals surface area (Å²) in [6.07, 6.45) is 4.27. The minimum absolute atomic E-state index is 0.138. The Kier molecular flexibility index (Phi) is 8.40. The van der Waals surface area contributed by atoms with E-state index in [1.807, 2.05) is 60.7 Å².